The van der Waals surface area contributed by atoms with Crippen molar-refractivity contribution in [3.05, 3.63) is 23.9 Å². The molecule has 0 aromatic carbocycles. The van der Waals surface area contributed by atoms with E-state index in [1.54, 1.807) is 25.3 Å². The molecule has 0 saturated carbocycles. The molecule has 1 heterocycles. The van der Waals surface area contributed by atoms with Crippen LogP contribution in [0.2, 0.25) is 0 Å². The maximum Gasteiger partial charge on any atom is 0.0993 e. The number of nitriles is 1. The number of hydrogen-bond acceptors (Lipinski definition) is 4. The molecule has 13 heavy (non-hydrogen) atoms. The van der Waals surface area contributed by atoms with Gasteiger partial charge in [-0.2, -0.15) is 5.26 Å². The quantitative estimate of drug-likeness (QED) is 0.739. The molecule has 0 radical (unpaired) electrons. The molecule has 0 amide bonds. The van der Waals surface area contributed by atoms with Crippen molar-refractivity contribution in [3.8, 4) is 6.07 Å². The van der Waals surface area contributed by atoms with Gasteiger partial charge in [0.15, 0.2) is 0 Å². The average Bonchev–Trinajstić information content (AvgIpc) is 2.15. The topological polar surface area (TPSA) is 56.9 Å². The lowest BCUT2D eigenvalue weighted by Gasteiger charge is -2.02. The lowest BCUT2D eigenvalue weighted by atomic mass is 10.3. The van der Waals surface area contributed by atoms with Gasteiger partial charge in [-0.05, 0) is 19.1 Å². The van der Waals surface area contributed by atoms with Gasteiger partial charge in [-0.15, -0.1) is 11.8 Å². The molecule has 0 aliphatic carbocycles. The summed E-state index contributed by atoms with van der Waals surface area (Å²) in [6.07, 6.45) is 1.25. The van der Waals surface area contributed by atoms with E-state index in [1.807, 2.05) is 6.07 Å². The van der Waals surface area contributed by atoms with E-state index < -0.39 is 0 Å². The molecule has 1 rings (SSSR count). The second-order valence-corrected chi connectivity index (χ2v) is 3.69. The van der Waals surface area contributed by atoms with Crippen molar-refractivity contribution in [2.45, 2.75) is 18.1 Å². The van der Waals surface area contributed by atoms with Gasteiger partial charge in [0.05, 0.1) is 22.8 Å². The maximum atomic E-state index is 9.03. The summed E-state index contributed by atoms with van der Waals surface area (Å²) in [7, 11) is 0. The minimum atomic E-state index is -0.349. The predicted octanol–water partition coefficient (Wildman–Crippen LogP) is 1.43. The molecular weight excluding hydrogens is 184 g/mol. The summed E-state index contributed by atoms with van der Waals surface area (Å²) < 4.78 is 0. The molecular formula is C9H10N2OS. The fourth-order valence-electron chi connectivity index (χ4n) is 0.764. The molecule has 1 aromatic heterocycles. The van der Waals surface area contributed by atoms with E-state index in [0.29, 0.717) is 11.3 Å². The van der Waals surface area contributed by atoms with E-state index in [0.717, 1.165) is 5.03 Å². The molecule has 0 aliphatic rings. The highest BCUT2D eigenvalue weighted by Crippen LogP contribution is 2.16. The van der Waals surface area contributed by atoms with E-state index in [4.69, 9.17) is 10.4 Å². The molecule has 0 saturated heterocycles. The maximum absolute atomic E-state index is 9.03. The van der Waals surface area contributed by atoms with Gasteiger partial charge in [0.25, 0.3) is 0 Å². The summed E-state index contributed by atoms with van der Waals surface area (Å²) in [4.78, 5) is 4.06. The van der Waals surface area contributed by atoms with Crippen LogP contribution in [0.15, 0.2) is 23.4 Å². The fraction of sp³-hybridized carbons (Fsp3) is 0.333. The standard InChI is InChI=1S/C9H10N2OS/c1-7(12)6-13-9-4-8(5-10)2-3-11-9/h2-4,7,12H,6H2,1H3. The third-order valence-electron chi connectivity index (χ3n) is 1.34. The Kier molecular flexibility index (Phi) is 3.74. The van der Waals surface area contributed by atoms with Gasteiger partial charge < -0.3 is 5.11 Å². The summed E-state index contributed by atoms with van der Waals surface area (Å²) in [5.74, 6) is 0.599. The van der Waals surface area contributed by atoms with Gasteiger partial charge in [-0.25, -0.2) is 4.98 Å². The Morgan fingerprint density at radius 1 is 1.77 bits per heavy atom. The summed E-state index contributed by atoms with van der Waals surface area (Å²) in [6.45, 7) is 1.72. The summed E-state index contributed by atoms with van der Waals surface area (Å²) in [5, 5.41) is 18.4. The molecule has 0 fully saturated rings. The van der Waals surface area contributed by atoms with Crippen molar-refractivity contribution in [2.75, 3.05) is 5.75 Å². The number of rotatable bonds is 3. The number of hydrogen-bond donors (Lipinski definition) is 1. The Morgan fingerprint density at radius 2 is 2.54 bits per heavy atom. The Hall–Kier alpha value is -1.05. The lowest BCUT2D eigenvalue weighted by molar-refractivity contribution is 0.220. The fourth-order valence-corrected chi connectivity index (χ4v) is 1.52. The normalized spacial score (nSPS) is 12.1. The summed E-state index contributed by atoms with van der Waals surface area (Å²) in [6, 6.07) is 5.41. The van der Waals surface area contributed by atoms with E-state index >= 15 is 0 Å². The zero-order valence-corrected chi connectivity index (χ0v) is 8.08. The zero-order valence-electron chi connectivity index (χ0n) is 7.27. The number of aromatic nitrogens is 1. The van der Waals surface area contributed by atoms with Crippen molar-refractivity contribution >= 4 is 11.8 Å². The Balaban J connectivity index is 2.63. The first-order chi connectivity index (χ1) is 6.22. The molecule has 0 aliphatic heterocycles. The lowest BCUT2D eigenvalue weighted by Crippen LogP contribution is -2.02. The zero-order chi connectivity index (χ0) is 9.68. The van der Waals surface area contributed by atoms with E-state index in [-0.39, 0.29) is 6.10 Å². The van der Waals surface area contributed by atoms with Crippen LogP contribution in [0.5, 0.6) is 0 Å². The highest BCUT2D eigenvalue weighted by molar-refractivity contribution is 7.99. The van der Waals surface area contributed by atoms with Crippen LogP contribution in [0.4, 0.5) is 0 Å². The van der Waals surface area contributed by atoms with Crippen molar-refractivity contribution in [1.29, 1.82) is 5.26 Å². The molecule has 1 aromatic rings. The molecule has 1 unspecified atom stereocenters. The monoisotopic (exact) mass is 194 g/mol. The first-order valence-corrected chi connectivity index (χ1v) is 4.88. The molecule has 0 bridgehead atoms. The van der Waals surface area contributed by atoms with Crippen LogP contribution in [0.1, 0.15) is 12.5 Å². The smallest absolute Gasteiger partial charge is 0.0993 e. The first kappa shape index (κ1) is 10.0. The van der Waals surface area contributed by atoms with Crippen LogP contribution in [0.25, 0.3) is 0 Å². The van der Waals surface area contributed by atoms with E-state index in [1.165, 1.54) is 11.8 Å². The van der Waals surface area contributed by atoms with Gasteiger partial charge in [0, 0.05) is 11.9 Å². The van der Waals surface area contributed by atoms with Crippen LogP contribution in [-0.4, -0.2) is 21.9 Å². The third-order valence-corrected chi connectivity index (χ3v) is 2.50. The van der Waals surface area contributed by atoms with Crippen LogP contribution in [0.3, 0.4) is 0 Å². The number of aliphatic hydroxyl groups excluding tert-OH is 1. The van der Waals surface area contributed by atoms with Crippen LogP contribution >= 0.6 is 11.8 Å². The average molecular weight is 194 g/mol. The molecule has 68 valence electrons. The van der Waals surface area contributed by atoms with Gasteiger partial charge >= 0.3 is 0 Å². The molecule has 1 N–H and O–H groups in total. The minimum Gasteiger partial charge on any atom is -0.393 e. The van der Waals surface area contributed by atoms with Crippen LogP contribution in [0, 0.1) is 11.3 Å². The van der Waals surface area contributed by atoms with Crippen molar-refractivity contribution in [2.24, 2.45) is 0 Å². The van der Waals surface area contributed by atoms with Gasteiger partial charge in [-0.3, -0.25) is 0 Å². The third kappa shape index (κ3) is 3.45. The summed E-state index contributed by atoms with van der Waals surface area (Å²) >= 11 is 1.45. The molecule has 3 nitrogen and oxygen atoms in total. The van der Waals surface area contributed by atoms with E-state index in [2.05, 4.69) is 4.98 Å². The first-order valence-electron chi connectivity index (χ1n) is 3.89. The van der Waals surface area contributed by atoms with Gasteiger partial charge in [0.1, 0.15) is 0 Å². The van der Waals surface area contributed by atoms with Crippen LogP contribution < -0.4 is 0 Å². The van der Waals surface area contributed by atoms with Crippen molar-refractivity contribution < 1.29 is 5.11 Å². The number of pyridine rings is 1. The Labute approximate surface area is 81.4 Å². The van der Waals surface area contributed by atoms with Crippen LogP contribution in [-0.2, 0) is 0 Å². The highest BCUT2D eigenvalue weighted by Gasteiger charge is 2.00. The Bertz CT molecular complexity index is 320. The molecule has 0 spiro atoms. The van der Waals surface area contributed by atoms with Crippen molar-refractivity contribution in [1.82, 2.24) is 4.98 Å². The van der Waals surface area contributed by atoms with Gasteiger partial charge in [-0.1, -0.05) is 0 Å². The Morgan fingerprint density at radius 3 is 3.15 bits per heavy atom. The minimum absolute atomic E-state index is 0.349. The number of aliphatic hydroxyl groups is 1. The van der Waals surface area contributed by atoms with E-state index in [9.17, 15) is 0 Å². The second kappa shape index (κ2) is 4.85. The SMILES string of the molecule is CC(O)CSc1cc(C#N)ccn1. The number of thioether (sulfide) groups is 1. The predicted molar refractivity (Wildman–Crippen MR) is 51.4 cm³/mol. The molecule has 1 atom stereocenters. The highest BCUT2D eigenvalue weighted by atomic mass is 32.2. The molecule has 4 heteroatoms. The largest absolute Gasteiger partial charge is 0.393 e. The van der Waals surface area contributed by atoms with Crippen molar-refractivity contribution in [3.63, 3.8) is 0 Å². The second-order valence-electron chi connectivity index (χ2n) is 2.65. The summed E-state index contributed by atoms with van der Waals surface area (Å²) in [5.41, 5.74) is 0.600. The number of nitrogens with zero attached hydrogens (tertiary/aromatic N) is 2. The van der Waals surface area contributed by atoms with Gasteiger partial charge in [0.2, 0.25) is 0 Å².